The second-order valence-corrected chi connectivity index (χ2v) is 7.50. The Hall–Kier alpha value is -2.06. The van der Waals surface area contributed by atoms with Crippen LogP contribution in [0.25, 0.3) is 0 Å². The monoisotopic (exact) mass is 284 g/mol. The summed E-state index contributed by atoms with van der Waals surface area (Å²) in [4.78, 5) is 0. The van der Waals surface area contributed by atoms with Crippen molar-refractivity contribution in [2.75, 3.05) is 0 Å². The maximum absolute atomic E-state index is 2.37. The predicted molar refractivity (Wildman–Crippen MR) is 95.2 cm³/mol. The van der Waals surface area contributed by atoms with E-state index in [2.05, 4.69) is 98.8 Å². The lowest BCUT2D eigenvalue weighted by molar-refractivity contribution is 1.74. The molecule has 0 heterocycles. The maximum atomic E-state index is 2.37. The summed E-state index contributed by atoms with van der Waals surface area (Å²) in [7, 11) is 1.56. The molecule has 0 bridgehead atoms. The summed E-state index contributed by atoms with van der Waals surface area (Å²) in [5, 5.41) is 2.92. The minimum atomic E-state index is -0.725. The first-order valence-electron chi connectivity index (χ1n) is 7.23. The molecule has 2 heteroatoms. The topological polar surface area (TPSA) is 0 Å². The van der Waals surface area contributed by atoms with Gasteiger partial charge in [-0.1, -0.05) is 113 Å². The molecule has 0 aromatic heterocycles. The zero-order chi connectivity index (χ0) is 14.5. The lowest BCUT2D eigenvalue weighted by Gasteiger charge is -2.15. The summed E-state index contributed by atoms with van der Waals surface area (Å²) < 4.78 is 0. The Kier molecular flexibility index (Phi) is 4.37. The van der Waals surface area contributed by atoms with Gasteiger partial charge < -0.3 is 0 Å². The SMILES string of the molecule is C[Si](c1ccccc1)c1ccccc1[B]c1ccccc1. The van der Waals surface area contributed by atoms with Gasteiger partial charge in [0, 0.05) is 0 Å². The number of benzene rings is 3. The van der Waals surface area contributed by atoms with E-state index < -0.39 is 8.80 Å². The van der Waals surface area contributed by atoms with Gasteiger partial charge in [-0.2, -0.15) is 0 Å². The highest BCUT2D eigenvalue weighted by Gasteiger charge is 2.14. The summed E-state index contributed by atoms with van der Waals surface area (Å²) in [5.74, 6) is 0. The summed E-state index contributed by atoms with van der Waals surface area (Å²) in [6, 6.07) is 30.1. The molecule has 0 atom stereocenters. The van der Waals surface area contributed by atoms with Crippen molar-refractivity contribution in [2.45, 2.75) is 6.55 Å². The third-order valence-electron chi connectivity index (χ3n) is 3.69. The zero-order valence-corrected chi connectivity index (χ0v) is 13.2. The molecular weight excluding hydrogens is 267 g/mol. The first kappa shape index (κ1) is 13.9. The molecule has 21 heavy (non-hydrogen) atoms. The zero-order valence-electron chi connectivity index (χ0n) is 12.2. The fourth-order valence-corrected chi connectivity index (χ4v) is 4.48. The Labute approximate surface area is 129 Å². The van der Waals surface area contributed by atoms with Crippen molar-refractivity contribution >= 4 is 37.4 Å². The van der Waals surface area contributed by atoms with E-state index in [1.54, 1.807) is 0 Å². The molecule has 0 spiro atoms. The lowest BCUT2D eigenvalue weighted by Crippen LogP contribution is -2.50. The third-order valence-corrected chi connectivity index (χ3v) is 6.16. The van der Waals surface area contributed by atoms with E-state index in [0.29, 0.717) is 0 Å². The summed E-state index contributed by atoms with van der Waals surface area (Å²) >= 11 is 0. The number of rotatable bonds is 4. The molecule has 0 saturated heterocycles. The van der Waals surface area contributed by atoms with Crippen LogP contribution in [-0.4, -0.2) is 16.1 Å². The van der Waals surface area contributed by atoms with Gasteiger partial charge in [0.15, 0.2) is 7.28 Å². The van der Waals surface area contributed by atoms with Crippen molar-refractivity contribution in [2.24, 2.45) is 0 Å². The largest absolute Gasteiger partial charge is 0.191 e. The first-order chi connectivity index (χ1) is 10.3. The van der Waals surface area contributed by atoms with Gasteiger partial charge in [-0.3, -0.25) is 0 Å². The van der Waals surface area contributed by atoms with E-state index >= 15 is 0 Å². The highest BCUT2D eigenvalue weighted by Crippen LogP contribution is 1.91. The second-order valence-electron chi connectivity index (χ2n) is 5.13. The van der Waals surface area contributed by atoms with Gasteiger partial charge in [0.25, 0.3) is 0 Å². The smallest absolute Gasteiger partial charge is 0.0820 e. The molecule has 0 saturated carbocycles. The van der Waals surface area contributed by atoms with Crippen LogP contribution in [0.4, 0.5) is 0 Å². The molecule has 0 aliphatic rings. The average Bonchev–Trinajstić information content (AvgIpc) is 2.56. The summed E-state index contributed by atoms with van der Waals surface area (Å²) in [5.41, 5.74) is 2.59. The van der Waals surface area contributed by atoms with Gasteiger partial charge in [-0.15, -0.1) is 0 Å². The quantitative estimate of drug-likeness (QED) is 0.638. The minimum absolute atomic E-state index is 0.725. The number of hydrogen-bond acceptors (Lipinski definition) is 0. The van der Waals surface area contributed by atoms with E-state index in [0.717, 1.165) is 0 Å². The van der Waals surface area contributed by atoms with Crippen LogP contribution in [0.1, 0.15) is 0 Å². The Morgan fingerprint density at radius 2 is 1.24 bits per heavy atom. The van der Waals surface area contributed by atoms with Crippen LogP contribution in [0.2, 0.25) is 6.55 Å². The highest BCUT2D eigenvalue weighted by molar-refractivity contribution is 6.88. The van der Waals surface area contributed by atoms with Crippen molar-refractivity contribution in [3.8, 4) is 0 Å². The molecule has 3 aromatic carbocycles. The molecular formula is C19H17BSi. The van der Waals surface area contributed by atoms with Gasteiger partial charge in [0.1, 0.15) is 8.80 Å². The fraction of sp³-hybridized carbons (Fsp3) is 0.0526. The van der Waals surface area contributed by atoms with Gasteiger partial charge >= 0.3 is 0 Å². The molecule has 0 fully saturated rings. The Morgan fingerprint density at radius 1 is 0.667 bits per heavy atom. The van der Waals surface area contributed by atoms with Crippen LogP contribution < -0.4 is 21.3 Å². The standard InChI is InChI=1S/C19H17BSi/c1-21(17-12-6-3-7-13-17)19-15-9-8-14-18(19)20-16-10-4-2-5-11-16/h2-15H,1H3. The molecule has 2 radical (unpaired) electrons. The third kappa shape index (κ3) is 3.34. The van der Waals surface area contributed by atoms with Crippen molar-refractivity contribution in [1.82, 2.24) is 0 Å². The van der Waals surface area contributed by atoms with Gasteiger partial charge in [-0.25, -0.2) is 0 Å². The van der Waals surface area contributed by atoms with Crippen LogP contribution in [0.15, 0.2) is 84.9 Å². The highest BCUT2D eigenvalue weighted by atomic mass is 28.3. The minimum Gasteiger partial charge on any atom is -0.0820 e. The van der Waals surface area contributed by atoms with Crippen LogP contribution in [0.3, 0.4) is 0 Å². The van der Waals surface area contributed by atoms with Gasteiger partial charge in [-0.05, 0) is 0 Å². The average molecular weight is 284 g/mol. The molecule has 0 aliphatic heterocycles. The van der Waals surface area contributed by atoms with Crippen LogP contribution in [0.5, 0.6) is 0 Å². The van der Waals surface area contributed by atoms with Gasteiger partial charge in [0.2, 0.25) is 0 Å². The molecule has 3 aromatic rings. The fourth-order valence-electron chi connectivity index (χ4n) is 2.54. The predicted octanol–water partition coefficient (Wildman–Crippen LogP) is 1.58. The Bertz CT molecular complexity index is 695. The number of hydrogen-bond donors (Lipinski definition) is 0. The van der Waals surface area contributed by atoms with E-state index in [9.17, 15) is 0 Å². The first-order valence-corrected chi connectivity index (χ1v) is 9.23. The van der Waals surface area contributed by atoms with E-state index in [-0.39, 0.29) is 0 Å². The van der Waals surface area contributed by atoms with Crippen molar-refractivity contribution < 1.29 is 0 Å². The Balaban J connectivity index is 1.93. The molecule has 0 aliphatic carbocycles. The van der Waals surface area contributed by atoms with Gasteiger partial charge in [0.05, 0.1) is 0 Å². The van der Waals surface area contributed by atoms with Crippen molar-refractivity contribution in [3.63, 3.8) is 0 Å². The maximum Gasteiger partial charge on any atom is 0.191 e. The van der Waals surface area contributed by atoms with E-state index in [4.69, 9.17) is 0 Å². The summed E-state index contributed by atoms with van der Waals surface area (Å²) in [6.45, 7) is 2.37. The molecule has 0 nitrogen and oxygen atoms in total. The molecule has 3 rings (SSSR count). The summed E-state index contributed by atoms with van der Waals surface area (Å²) in [6.07, 6.45) is 0. The van der Waals surface area contributed by atoms with Crippen LogP contribution in [0, 0.1) is 0 Å². The molecule has 0 unspecified atom stereocenters. The molecule has 100 valence electrons. The second kappa shape index (κ2) is 6.60. The van der Waals surface area contributed by atoms with Crippen LogP contribution >= 0.6 is 0 Å². The molecule has 0 N–H and O–H groups in total. The Morgan fingerprint density at radius 3 is 1.95 bits per heavy atom. The van der Waals surface area contributed by atoms with Crippen molar-refractivity contribution in [3.05, 3.63) is 84.9 Å². The van der Waals surface area contributed by atoms with E-state index in [1.807, 2.05) is 0 Å². The lowest BCUT2D eigenvalue weighted by atomic mass is 9.64. The van der Waals surface area contributed by atoms with Crippen molar-refractivity contribution in [1.29, 1.82) is 0 Å². The molecule has 0 amide bonds. The van der Waals surface area contributed by atoms with Crippen LogP contribution in [-0.2, 0) is 0 Å². The normalized spacial score (nSPS) is 10.6. The van der Waals surface area contributed by atoms with E-state index in [1.165, 1.54) is 21.3 Å².